The first-order chi connectivity index (χ1) is 8.82. The molecular formula is C15H19ClN2O. The molecule has 1 saturated carbocycles. The summed E-state index contributed by atoms with van der Waals surface area (Å²) in [5.41, 5.74) is 1.27. The smallest absolute Gasteiger partial charge is 0.229 e. The average molecular weight is 279 g/mol. The number of halogens is 1. The molecule has 1 heterocycles. The fourth-order valence-corrected chi connectivity index (χ4v) is 2.61. The standard InChI is InChI=1S/C15H19ClN2O/c1-9(2)7-11-13(15(11,3)4)14(19)18-12-6-5-10(16)8-17-12/h5-8,11,13H,1-4H3,(H,17,18,19)/t11-,13-/m0/s1. The van der Waals surface area contributed by atoms with E-state index in [0.29, 0.717) is 16.8 Å². The summed E-state index contributed by atoms with van der Waals surface area (Å²) in [6.07, 6.45) is 3.71. The Balaban J connectivity index is 2.05. The molecule has 1 aromatic rings. The van der Waals surface area contributed by atoms with E-state index < -0.39 is 0 Å². The third-order valence-corrected chi connectivity index (χ3v) is 3.91. The first-order valence-electron chi connectivity index (χ1n) is 6.40. The molecule has 1 aliphatic rings. The molecule has 0 bridgehead atoms. The maximum Gasteiger partial charge on any atom is 0.229 e. The molecule has 4 heteroatoms. The molecule has 1 aromatic heterocycles. The van der Waals surface area contributed by atoms with E-state index in [0.717, 1.165) is 0 Å². The number of pyridine rings is 1. The van der Waals surface area contributed by atoms with Crippen molar-refractivity contribution in [3.05, 3.63) is 35.0 Å². The molecule has 1 fully saturated rings. The summed E-state index contributed by atoms with van der Waals surface area (Å²) in [5.74, 6) is 0.903. The molecule has 102 valence electrons. The minimum atomic E-state index is 0.0138. The van der Waals surface area contributed by atoms with Crippen LogP contribution in [-0.2, 0) is 4.79 Å². The third kappa shape index (κ3) is 2.98. The molecule has 2 atom stereocenters. The summed E-state index contributed by atoms with van der Waals surface area (Å²) in [6, 6.07) is 3.43. The van der Waals surface area contributed by atoms with Crippen LogP contribution in [0.3, 0.4) is 0 Å². The Kier molecular flexibility index (Phi) is 3.68. The van der Waals surface area contributed by atoms with E-state index in [9.17, 15) is 4.79 Å². The van der Waals surface area contributed by atoms with Crippen molar-refractivity contribution in [1.29, 1.82) is 0 Å². The fraction of sp³-hybridized carbons (Fsp3) is 0.467. The van der Waals surface area contributed by atoms with Crippen LogP contribution in [0.4, 0.5) is 5.82 Å². The quantitative estimate of drug-likeness (QED) is 0.852. The van der Waals surface area contributed by atoms with Gasteiger partial charge in [-0.25, -0.2) is 4.98 Å². The van der Waals surface area contributed by atoms with Gasteiger partial charge in [-0.2, -0.15) is 0 Å². The number of allylic oxidation sites excluding steroid dienone is 2. The lowest BCUT2D eigenvalue weighted by molar-refractivity contribution is -0.118. The predicted molar refractivity (Wildman–Crippen MR) is 78.1 cm³/mol. The van der Waals surface area contributed by atoms with Gasteiger partial charge in [0, 0.05) is 6.20 Å². The van der Waals surface area contributed by atoms with Crippen LogP contribution >= 0.6 is 11.6 Å². The van der Waals surface area contributed by atoms with E-state index in [-0.39, 0.29) is 17.2 Å². The van der Waals surface area contributed by atoms with Crippen LogP contribution in [0.25, 0.3) is 0 Å². The summed E-state index contributed by atoms with van der Waals surface area (Å²) < 4.78 is 0. The Morgan fingerprint density at radius 2 is 2.11 bits per heavy atom. The summed E-state index contributed by atoms with van der Waals surface area (Å²) in [7, 11) is 0. The molecule has 0 radical (unpaired) electrons. The van der Waals surface area contributed by atoms with Crippen LogP contribution in [0.1, 0.15) is 27.7 Å². The number of nitrogens with one attached hydrogen (secondary N) is 1. The SMILES string of the molecule is CC(C)=C[C@H]1[C@@H](C(=O)Nc2ccc(Cl)cn2)C1(C)C. The molecule has 0 aromatic carbocycles. The normalized spacial score (nSPS) is 23.6. The topological polar surface area (TPSA) is 42.0 Å². The van der Waals surface area contributed by atoms with E-state index >= 15 is 0 Å². The fourth-order valence-electron chi connectivity index (χ4n) is 2.50. The van der Waals surface area contributed by atoms with Crippen molar-refractivity contribution in [2.45, 2.75) is 27.7 Å². The molecular weight excluding hydrogens is 260 g/mol. The zero-order valence-electron chi connectivity index (χ0n) is 11.7. The number of carbonyl (C=O) groups is 1. The maximum absolute atomic E-state index is 12.3. The first kappa shape index (κ1) is 14.1. The molecule has 2 rings (SSSR count). The van der Waals surface area contributed by atoms with Crippen molar-refractivity contribution >= 4 is 23.3 Å². The lowest BCUT2D eigenvalue weighted by Gasteiger charge is -2.05. The maximum atomic E-state index is 12.3. The van der Waals surface area contributed by atoms with E-state index in [1.54, 1.807) is 12.1 Å². The Labute approximate surface area is 119 Å². The van der Waals surface area contributed by atoms with Crippen LogP contribution in [0, 0.1) is 17.3 Å². The van der Waals surface area contributed by atoms with Gasteiger partial charge in [-0.15, -0.1) is 0 Å². The highest BCUT2D eigenvalue weighted by molar-refractivity contribution is 6.30. The monoisotopic (exact) mass is 278 g/mol. The Morgan fingerprint density at radius 3 is 2.63 bits per heavy atom. The number of rotatable bonds is 3. The van der Waals surface area contributed by atoms with Gasteiger partial charge in [-0.05, 0) is 37.3 Å². The van der Waals surface area contributed by atoms with Crippen molar-refractivity contribution in [2.24, 2.45) is 17.3 Å². The van der Waals surface area contributed by atoms with Crippen molar-refractivity contribution in [3.8, 4) is 0 Å². The molecule has 1 aliphatic carbocycles. The van der Waals surface area contributed by atoms with Gasteiger partial charge in [0.25, 0.3) is 0 Å². The second-order valence-electron chi connectivity index (χ2n) is 5.92. The lowest BCUT2D eigenvalue weighted by atomic mass is 10.1. The molecule has 0 unspecified atom stereocenters. The highest BCUT2D eigenvalue weighted by Crippen LogP contribution is 2.59. The van der Waals surface area contributed by atoms with Gasteiger partial charge in [-0.3, -0.25) is 4.79 Å². The van der Waals surface area contributed by atoms with Crippen LogP contribution in [0.15, 0.2) is 30.0 Å². The van der Waals surface area contributed by atoms with Gasteiger partial charge in [0.1, 0.15) is 5.82 Å². The number of hydrogen-bond acceptors (Lipinski definition) is 2. The zero-order valence-corrected chi connectivity index (χ0v) is 12.5. The van der Waals surface area contributed by atoms with Crippen LogP contribution in [0.5, 0.6) is 0 Å². The highest BCUT2D eigenvalue weighted by atomic mass is 35.5. The minimum Gasteiger partial charge on any atom is -0.310 e. The van der Waals surface area contributed by atoms with E-state index in [1.807, 2.05) is 0 Å². The lowest BCUT2D eigenvalue weighted by Crippen LogP contribution is -2.17. The molecule has 19 heavy (non-hydrogen) atoms. The van der Waals surface area contributed by atoms with Crippen LogP contribution in [-0.4, -0.2) is 10.9 Å². The Morgan fingerprint density at radius 1 is 1.42 bits per heavy atom. The average Bonchev–Trinajstić information content (AvgIpc) is 2.83. The number of carbonyl (C=O) groups excluding carboxylic acids is 1. The predicted octanol–water partition coefficient (Wildman–Crippen LogP) is 3.91. The van der Waals surface area contributed by atoms with Gasteiger partial charge in [0.15, 0.2) is 0 Å². The van der Waals surface area contributed by atoms with E-state index in [4.69, 9.17) is 11.6 Å². The second kappa shape index (κ2) is 4.97. The van der Waals surface area contributed by atoms with Gasteiger partial charge < -0.3 is 5.32 Å². The number of aromatic nitrogens is 1. The van der Waals surface area contributed by atoms with Crippen molar-refractivity contribution in [3.63, 3.8) is 0 Å². The molecule has 1 N–H and O–H groups in total. The van der Waals surface area contributed by atoms with Gasteiger partial charge in [0.2, 0.25) is 5.91 Å². The molecule has 3 nitrogen and oxygen atoms in total. The highest BCUT2D eigenvalue weighted by Gasteiger charge is 2.60. The number of hydrogen-bond donors (Lipinski definition) is 1. The molecule has 0 saturated heterocycles. The van der Waals surface area contributed by atoms with Gasteiger partial charge in [-0.1, -0.05) is 37.1 Å². The first-order valence-corrected chi connectivity index (χ1v) is 6.77. The van der Waals surface area contributed by atoms with Crippen molar-refractivity contribution in [2.75, 3.05) is 5.32 Å². The molecule has 0 spiro atoms. The van der Waals surface area contributed by atoms with Gasteiger partial charge in [0.05, 0.1) is 10.9 Å². The molecule has 1 amide bonds. The Hall–Kier alpha value is -1.35. The van der Waals surface area contributed by atoms with E-state index in [2.05, 4.69) is 44.1 Å². The second-order valence-corrected chi connectivity index (χ2v) is 6.36. The zero-order chi connectivity index (χ0) is 14.2. The summed E-state index contributed by atoms with van der Waals surface area (Å²) in [4.78, 5) is 16.3. The number of anilines is 1. The van der Waals surface area contributed by atoms with Crippen LogP contribution < -0.4 is 5.32 Å². The summed E-state index contributed by atoms with van der Waals surface area (Å²) >= 11 is 5.77. The Bertz CT molecular complexity index is 515. The minimum absolute atomic E-state index is 0.0138. The summed E-state index contributed by atoms with van der Waals surface area (Å²) in [6.45, 7) is 8.36. The molecule has 0 aliphatic heterocycles. The summed E-state index contributed by atoms with van der Waals surface area (Å²) in [5, 5.41) is 3.41. The largest absolute Gasteiger partial charge is 0.310 e. The van der Waals surface area contributed by atoms with Crippen molar-refractivity contribution < 1.29 is 4.79 Å². The third-order valence-electron chi connectivity index (χ3n) is 3.68. The van der Waals surface area contributed by atoms with Crippen LogP contribution in [0.2, 0.25) is 5.02 Å². The van der Waals surface area contributed by atoms with Gasteiger partial charge >= 0.3 is 0 Å². The number of nitrogens with zero attached hydrogens (tertiary/aromatic N) is 1. The van der Waals surface area contributed by atoms with E-state index in [1.165, 1.54) is 11.8 Å². The number of amides is 1. The van der Waals surface area contributed by atoms with Crippen molar-refractivity contribution in [1.82, 2.24) is 4.98 Å².